The summed E-state index contributed by atoms with van der Waals surface area (Å²) in [6.45, 7) is 3.71. The third kappa shape index (κ3) is 6.02. The van der Waals surface area contributed by atoms with Crippen molar-refractivity contribution in [2.45, 2.75) is 20.4 Å². The topological polar surface area (TPSA) is 84.5 Å². The molecule has 0 saturated carbocycles. The third-order valence-corrected chi connectivity index (χ3v) is 4.72. The van der Waals surface area contributed by atoms with E-state index in [1.54, 1.807) is 49.4 Å². The molecular formula is C25H24N2O4. The van der Waals surface area contributed by atoms with E-state index < -0.39 is 18.5 Å². The third-order valence-electron chi connectivity index (χ3n) is 4.72. The summed E-state index contributed by atoms with van der Waals surface area (Å²) >= 11 is 0. The standard InChI is InChI=1S/C25H24N2O4/c1-17-11-13-19(14-12-17)15-26-24(29)21-9-5-6-10-22(21)27-23(28)16-31-25(30)20-8-4-3-7-18(20)2/h3-14H,15-16H2,1-2H3,(H,26,29)(H,27,28). The van der Waals surface area contributed by atoms with Crippen LogP contribution in [0.3, 0.4) is 0 Å². The molecular weight excluding hydrogens is 392 g/mol. The van der Waals surface area contributed by atoms with Gasteiger partial charge in [-0.3, -0.25) is 9.59 Å². The number of carbonyl (C=O) groups excluding carboxylic acids is 3. The molecule has 0 aromatic heterocycles. The number of nitrogens with one attached hydrogen (secondary N) is 2. The number of para-hydroxylation sites is 1. The molecule has 0 aliphatic rings. The molecule has 0 aliphatic carbocycles. The molecule has 0 atom stereocenters. The fourth-order valence-electron chi connectivity index (χ4n) is 2.97. The van der Waals surface area contributed by atoms with Gasteiger partial charge in [0.25, 0.3) is 11.8 Å². The van der Waals surface area contributed by atoms with Gasteiger partial charge in [-0.1, -0.05) is 60.2 Å². The first-order valence-electron chi connectivity index (χ1n) is 9.89. The number of carbonyl (C=O) groups is 3. The Hall–Kier alpha value is -3.93. The average Bonchev–Trinajstić information content (AvgIpc) is 2.77. The van der Waals surface area contributed by atoms with Crippen LogP contribution in [0.4, 0.5) is 5.69 Å². The van der Waals surface area contributed by atoms with Gasteiger partial charge in [-0.2, -0.15) is 0 Å². The van der Waals surface area contributed by atoms with Gasteiger partial charge in [0.15, 0.2) is 6.61 Å². The summed E-state index contributed by atoms with van der Waals surface area (Å²) in [4.78, 5) is 37.1. The molecule has 2 amide bonds. The van der Waals surface area contributed by atoms with E-state index >= 15 is 0 Å². The van der Waals surface area contributed by atoms with Crippen molar-refractivity contribution >= 4 is 23.5 Å². The number of hydrogen-bond donors (Lipinski definition) is 2. The van der Waals surface area contributed by atoms with Crippen LogP contribution in [-0.4, -0.2) is 24.4 Å². The van der Waals surface area contributed by atoms with Crippen molar-refractivity contribution in [2.75, 3.05) is 11.9 Å². The first-order chi connectivity index (χ1) is 14.9. The summed E-state index contributed by atoms with van der Waals surface area (Å²) in [6.07, 6.45) is 0. The van der Waals surface area contributed by atoms with E-state index in [4.69, 9.17) is 4.74 Å². The second-order valence-electron chi connectivity index (χ2n) is 7.15. The maximum atomic E-state index is 12.6. The average molecular weight is 416 g/mol. The van der Waals surface area contributed by atoms with Crippen molar-refractivity contribution in [3.8, 4) is 0 Å². The second kappa shape index (κ2) is 10.2. The van der Waals surface area contributed by atoms with Crippen LogP contribution in [0.15, 0.2) is 72.8 Å². The predicted molar refractivity (Wildman–Crippen MR) is 119 cm³/mol. The van der Waals surface area contributed by atoms with Crippen LogP contribution in [0.25, 0.3) is 0 Å². The van der Waals surface area contributed by atoms with E-state index in [0.717, 1.165) is 16.7 Å². The minimum absolute atomic E-state index is 0.312. The van der Waals surface area contributed by atoms with Gasteiger partial charge in [0.1, 0.15) is 0 Å². The molecule has 0 fully saturated rings. The fourth-order valence-corrected chi connectivity index (χ4v) is 2.97. The Labute approximate surface area is 181 Å². The Morgan fingerprint density at radius 3 is 2.16 bits per heavy atom. The Bertz CT molecular complexity index is 1090. The molecule has 0 spiro atoms. The molecule has 0 radical (unpaired) electrons. The van der Waals surface area contributed by atoms with E-state index in [1.807, 2.05) is 37.3 Å². The van der Waals surface area contributed by atoms with E-state index in [-0.39, 0.29) is 5.91 Å². The molecule has 3 aromatic rings. The highest BCUT2D eigenvalue weighted by molar-refractivity contribution is 6.04. The number of aryl methyl sites for hydroxylation is 2. The Morgan fingerprint density at radius 1 is 0.806 bits per heavy atom. The van der Waals surface area contributed by atoms with Crippen molar-refractivity contribution in [3.05, 3.63) is 101 Å². The number of hydrogen-bond acceptors (Lipinski definition) is 4. The normalized spacial score (nSPS) is 10.3. The largest absolute Gasteiger partial charge is 0.452 e. The molecule has 31 heavy (non-hydrogen) atoms. The van der Waals surface area contributed by atoms with Gasteiger partial charge >= 0.3 is 5.97 Å². The second-order valence-corrected chi connectivity index (χ2v) is 7.15. The number of benzene rings is 3. The minimum atomic E-state index is -0.572. The van der Waals surface area contributed by atoms with E-state index in [2.05, 4.69) is 10.6 Å². The number of rotatable bonds is 7. The van der Waals surface area contributed by atoms with E-state index in [9.17, 15) is 14.4 Å². The van der Waals surface area contributed by atoms with Crippen LogP contribution in [0.1, 0.15) is 37.4 Å². The Balaban J connectivity index is 1.58. The lowest BCUT2D eigenvalue weighted by atomic mass is 10.1. The summed E-state index contributed by atoms with van der Waals surface area (Å²) in [6, 6.07) is 21.5. The summed E-state index contributed by atoms with van der Waals surface area (Å²) in [5.41, 5.74) is 3.97. The van der Waals surface area contributed by atoms with Crippen LogP contribution < -0.4 is 10.6 Å². The fraction of sp³-hybridized carbons (Fsp3) is 0.160. The number of anilines is 1. The summed E-state index contributed by atoms with van der Waals surface area (Å²) in [5.74, 6) is -1.41. The maximum Gasteiger partial charge on any atom is 0.338 e. The van der Waals surface area contributed by atoms with Crippen molar-refractivity contribution in [1.82, 2.24) is 5.32 Å². The molecule has 3 aromatic carbocycles. The number of ether oxygens (including phenoxy) is 1. The highest BCUT2D eigenvalue weighted by atomic mass is 16.5. The molecule has 2 N–H and O–H groups in total. The van der Waals surface area contributed by atoms with Gasteiger partial charge < -0.3 is 15.4 Å². The van der Waals surface area contributed by atoms with Crippen LogP contribution in [-0.2, 0) is 16.1 Å². The number of amides is 2. The van der Waals surface area contributed by atoms with Gasteiger partial charge in [0, 0.05) is 6.54 Å². The van der Waals surface area contributed by atoms with Gasteiger partial charge in [-0.05, 0) is 43.2 Å². The van der Waals surface area contributed by atoms with Gasteiger partial charge in [0.05, 0.1) is 16.8 Å². The van der Waals surface area contributed by atoms with Crippen LogP contribution in [0, 0.1) is 13.8 Å². The quantitative estimate of drug-likeness (QED) is 0.570. The van der Waals surface area contributed by atoms with E-state index in [0.29, 0.717) is 23.4 Å². The SMILES string of the molecule is Cc1ccc(CNC(=O)c2ccccc2NC(=O)COC(=O)c2ccccc2C)cc1. The summed E-state index contributed by atoms with van der Waals surface area (Å²) in [7, 11) is 0. The van der Waals surface area contributed by atoms with Crippen molar-refractivity contribution < 1.29 is 19.1 Å². The van der Waals surface area contributed by atoms with Crippen LogP contribution in [0.5, 0.6) is 0 Å². The van der Waals surface area contributed by atoms with Crippen LogP contribution >= 0.6 is 0 Å². The zero-order chi connectivity index (χ0) is 22.2. The minimum Gasteiger partial charge on any atom is -0.452 e. The van der Waals surface area contributed by atoms with Gasteiger partial charge in [-0.15, -0.1) is 0 Å². The number of esters is 1. The maximum absolute atomic E-state index is 12.6. The van der Waals surface area contributed by atoms with Gasteiger partial charge in [-0.25, -0.2) is 4.79 Å². The summed E-state index contributed by atoms with van der Waals surface area (Å²) in [5, 5.41) is 5.49. The lowest BCUT2D eigenvalue weighted by Crippen LogP contribution is -2.26. The molecule has 6 heteroatoms. The Morgan fingerprint density at radius 2 is 1.45 bits per heavy atom. The highest BCUT2D eigenvalue weighted by Crippen LogP contribution is 2.16. The van der Waals surface area contributed by atoms with Crippen LogP contribution in [0.2, 0.25) is 0 Å². The van der Waals surface area contributed by atoms with Crippen molar-refractivity contribution in [1.29, 1.82) is 0 Å². The predicted octanol–water partition coefficient (Wildman–Crippen LogP) is 4.03. The zero-order valence-corrected chi connectivity index (χ0v) is 17.5. The lowest BCUT2D eigenvalue weighted by molar-refractivity contribution is -0.119. The van der Waals surface area contributed by atoms with E-state index in [1.165, 1.54) is 0 Å². The van der Waals surface area contributed by atoms with Crippen molar-refractivity contribution in [3.63, 3.8) is 0 Å². The first kappa shape index (κ1) is 21.8. The highest BCUT2D eigenvalue weighted by Gasteiger charge is 2.15. The molecule has 0 aliphatic heterocycles. The smallest absolute Gasteiger partial charge is 0.338 e. The lowest BCUT2D eigenvalue weighted by Gasteiger charge is -2.12. The molecule has 0 unspecified atom stereocenters. The molecule has 6 nitrogen and oxygen atoms in total. The van der Waals surface area contributed by atoms with Gasteiger partial charge in [0.2, 0.25) is 0 Å². The monoisotopic (exact) mass is 416 g/mol. The van der Waals surface area contributed by atoms with Crippen molar-refractivity contribution in [2.24, 2.45) is 0 Å². The summed E-state index contributed by atoms with van der Waals surface area (Å²) < 4.78 is 5.11. The Kier molecular flexibility index (Phi) is 7.17. The first-order valence-corrected chi connectivity index (χ1v) is 9.89. The molecule has 0 heterocycles. The molecule has 0 saturated heterocycles. The molecule has 0 bridgehead atoms. The molecule has 158 valence electrons. The zero-order valence-electron chi connectivity index (χ0n) is 17.5. The molecule has 3 rings (SSSR count).